The minimum Gasteiger partial charge on any atom is -0.397 e. The van der Waals surface area contributed by atoms with Crippen LogP contribution in [0.3, 0.4) is 0 Å². The number of carbonyl (C=O) groups is 1. The van der Waals surface area contributed by atoms with E-state index in [9.17, 15) is 4.79 Å². The molecule has 0 unspecified atom stereocenters. The molecule has 1 fully saturated rings. The molecule has 0 aliphatic heterocycles. The number of anilines is 1. The summed E-state index contributed by atoms with van der Waals surface area (Å²) >= 11 is 5.91. The number of hydrogen-bond donors (Lipinski definition) is 1. The van der Waals surface area contributed by atoms with Crippen molar-refractivity contribution in [3.8, 4) is 0 Å². The Morgan fingerprint density at radius 3 is 2.82 bits per heavy atom. The van der Waals surface area contributed by atoms with Crippen LogP contribution in [0, 0.1) is 5.92 Å². The van der Waals surface area contributed by atoms with Gasteiger partial charge in [0.1, 0.15) is 0 Å². The summed E-state index contributed by atoms with van der Waals surface area (Å²) < 4.78 is 0. The van der Waals surface area contributed by atoms with Gasteiger partial charge in [-0.15, -0.1) is 0 Å². The maximum absolute atomic E-state index is 12.2. The Morgan fingerprint density at radius 2 is 2.24 bits per heavy atom. The van der Waals surface area contributed by atoms with Crippen molar-refractivity contribution in [1.82, 2.24) is 4.90 Å². The Morgan fingerprint density at radius 1 is 1.53 bits per heavy atom. The van der Waals surface area contributed by atoms with Crippen LogP contribution in [0.25, 0.3) is 0 Å². The van der Waals surface area contributed by atoms with E-state index in [2.05, 4.69) is 0 Å². The molecule has 0 atom stereocenters. The highest BCUT2D eigenvalue weighted by molar-refractivity contribution is 6.33. The predicted octanol–water partition coefficient (Wildman–Crippen LogP) is 2.79. The molecule has 2 N–H and O–H groups in total. The van der Waals surface area contributed by atoms with E-state index < -0.39 is 0 Å². The van der Waals surface area contributed by atoms with Gasteiger partial charge in [-0.1, -0.05) is 24.1 Å². The lowest BCUT2D eigenvalue weighted by Crippen LogP contribution is -2.34. The smallest absolute Gasteiger partial charge is 0.255 e. The zero-order valence-corrected chi connectivity index (χ0v) is 10.7. The highest BCUT2D eigenvalue weighted by Crippen LogP contribution is 2.28. The molecular formula is C13H17ClN2O. The van der Waals surface area contributed by atoms with Gasteiger partial charge < -0.3 is 10.6 Å². The second-order valence-corrected chi connectivity index (χ2v) is 5.09. The van der Waals surface area contributed by atoms with Crippen molar-refractivity contribution in [3.63, 3.8) is 0 Å². The first-order valence-corrected chi connectivity index (χ1v) is 6.27. The van der Waals surface area contributed by atoms with E-state index in [4.69, 9.17) is 17.3 Å². The fourth-order valence-corrected chi connectivity index (χ4v) is 2.25. The number of para-hydroxylation sites is 1. The third kappa shape index (κ3) is 2.55. The minimum absolute atomic E-state index is 0.0445. The van der Waals surface area contributed by atoms with Crippen LogP contribution in [0.5, 0.6) is 0 Å². The molecule has 0 heterocycles. The Bertz CT molecular complexity index is 429. The standard InChI is InChI=1S/C13H17ClN2O/c1-16(8-9-4-2-5-9)13(17)10-6-3-7-11(14)12(10)15/h3,6-7,9H,2,4-5,8,15H2,1H3. The second-order valence-electron chi connectivity index (χ2n) is 4.68. The molecule has 1 amide bonds. The summed E-state index contributed by atoms with van der Waals surface area (Å²) in [5.74, 6) is 0.612. The number of carbonyl (C=O) groups excluding carboxylic acids is 1. The van der Waals surface area contributed by atoms with Crippen molar-refractivity contribution >= 4 is 23.2 Å². The van der Waals surface area contributed by atoms with E-state index in [1.54, 1.807) is 23.1 Å². The average Bonchev–Trinajstić information content (AvgIpc) is 2.26. The van der Waals surface area contributed by atoms with E-state index in [-0.39, 0.29) is 5.91 Å². The third-order valence-electron chi connectivity index (χ3n) is 3.39. The molecule has 0 bridgehead atoms. The van der Waals surface area contributed by atoms with E-state index >= 15 is 0 Å². The van der Waals surface area contributed by atoms with E-state index in [0.29, 0.717) is 22.2 Å². The number of rotatable bonds is 3. The summed E-state index contributed by atoms with van der Waals surface area (Å²) in [6.07, 6.45) is 3.73. The van der Waals surface area contributed by atoms with Gasteiger partial charge in [-0.05, 0) is 30.9 Å². The number of nitrogens with zero attached hydrogens (tertiary/aromatic N) is 1. The largest absolute Gasteiger partial charge is 0.397 e. The highest BCUT2D eigenvalue weighted by atomic mass is 35.5. The minimum atomic E-state index is -0.0445. The fourth-order valence-electron chi connectivity index (χ4n) is 2.07. The van der Waals surface area contributed by atoms with Gasteiger partial charge in [0.15, 0.2) is 0 Å². The first-order chi connectivity index (χ1) is 8.09. The fraction of sp³-hybridized carbons (Fsp3) is 0.462. The summed E-state index contributed by atoms with van der Waals surface area (Å²) in [6, 6.07) is 5.17. The lowest BCUT2D eigenvalue weighted by atomic mass is 9.85. The molecule has 1 aliphatic rings. The summed E-state index contributed by atoms with van der Waals surface area (Å²) in [5.41, 5.74) is 6.69. The van der Waals surface area contributed by atoms with Crippen LogP contribution in [0.1, 0.15) is 29.6 Å². The molecule has 0 aromatic heterocycles. The zero-order valence-electron chi connectivity index (χ0n) is 9.95. The molecule has 4 heteroatoms. The highest BCUT2D eigenvalue weighted by Gasteiger charge is 2.23. The lowest BCUT2D eigenvalue weighted by molar-refractivity contribution is 0.0746. The number of halogens is 1. The van der Waals surface area contributed by atoms with Crippen LogP contribution in [-0.4, -0.2) is 24.4 Å². The number of nitrogen functional groups attached to an aromatic ring is 1. The molecule has 2 rings (SSSR count). The maximum Gasteiger partial charge on any atom is 0.255 e. The van der Waals surface area contributed by atoms with Gasteiger partial charge in [0.2, 0.25) is 0 Å². The lowest BCUT2D eigenvalue weighted by Gasteiger charge is -2.30. The van der Waals surface area contributed by atoms with Crippen LogP contribution >= 0.6 is 11.6 Å². The number of amides is 1. The van der Waals surface area contributed by atoms with Crippen LogP contribution in [0.4, 0.5) is 5.69 Å². The topological polar surface area (TPSA) is 46.3 Å². The van der Waals surface area contributed by atoms with Crippen molar-refractivity contribution in [2.75, 3.05) is 19.3 Å². The third-order valence-corrected chi connectivity index (χ3v) is 3.72. The van der Waals surface area contributed by atoms with Gasteiger partial charge in [-0.2, -0.15) is 0 Å². The Kier molecular flexibility index (Phi) is 3.57. The Labute approximate surface area is 107 Å². The summed E-state index contributed by atoms with van der Waals surface area (Å²) in [4.78, 5) is 13.9. The molecule has 0 radical (unpaired) electrons. The number of benzene rings is 1. The molecule has 0 saturated heterocycles. The first-order valence-electron chi connectivity index (χ1n) is 5.89. The quantitative estimate of drug-likeness (QED) is 0.841. The van der Waals surface area contributed by atoms with Crippen molar-refractivity contribution < 1.29 is 4.79 Å². The molecule has 1 aromatic carbocycles. The summed E-state index contributed by atoms with van der Waals surface area (Å²) in [6.45, 7) is 0.810. The summed E-state index contributed by atoms with van der Waals surface area (Å²) in [5, 5.41) is 0.438. The molecule has 1 aliphatic carbocycles. The molecule has 1 aromatic rings. The van der Waals surface area contributed by atoms with E-state index in [0.717, 1.165) is 6.54 Å². The predicted molar refractivity (Wildman–Crippen MR) is 70.2 cm³/mol. The Balaban J connectivity index is 2.09. The molecule has 1 saturated carbocycles. The molecule has 0 spiro atoms. The van der Waals surface area contributed by atoms with Crippen molar-refractivity contribution in [1.29, 1.82) is 0 Å². The van der Waals surface area contributed by atoms with Gasteiger partial charge in [0.05, 0.1) is 16.3 Å². The molecule has 17 heavy (non-hydrogen) atoms. The van der Waals surface area contributed by atoms with Crippen molar-refractivity contribution in [3.05, 3.63) is 28.8 Å². The normalized spacial score (nSPS) is 15.4. The van der Waals surface area contributed by atoms with Gasteiger partial charge in [0.25, 0.3) is 5.91 Å². The Hall–Kier alpha value is -1.22. The summed E-state index contributed by atoms with van der Waals surface area (Å²) in [7, 11) is 1.82. The van der Waals surface area contributed by atoms with Gasteiger partial charge >= 0.3 is 0 Å². The monoisotopic (exact) mass is 252 g/mol. The van der Waals surface area contributed by atoms with Gasteiger partial charge in [-0.3, -0.25) is 4.79 Å². The number of hydrogen-bond acceptors (Lipinski definition) is 2. The van der Waals surface area contributed by atoms with Crippen LogP contribution in [0.15, 0.2) is 18.2 Å². The average molecular weight is 253 g/mol. The van der Waals surface area contributed by atoms with Crippen molar-refractivity contribution in [2.45, 2.75) is 19.3 Å². The van der Waals surface area contributed by atoms with Crippen LogP contribution < -0.4 is 5.73 Å². The van der Waals surface area contributed by atoms with E-state index in [1.165, 1.54) is 19.3 Å². The SMILES string of the molecule is CN(CC1CCC1)C(=O)c1cccc(Cl)c1N. The van der Waals surface area contributed by atoms with Crippen LogP contribution in [-0.2, 0) is 0 Å². The van der Waals surface area contributed by atoms with Crippen LogP contribution in [0.2, 0.25) is 5.02 Å². The zero-order chi connectivity index (χ0) is 12.4. The molecular weight excluding hydrogens is 236 g/mol. The molecule has 92 valence electrons. The maximum atomic E-state index is 12.2. The van der Waals surface area contributed by atoms with E-state index in [1.807, 2.05) is 7.05 Å². The molecule has 3 nitrogen and oxygen atoms in total. The van der Waals surface area contributed by atoms with Gasteiger partial charge in [0, 0.05) is 13.6 Å². The second kappa shape index (κ2) is 4.96. The number of nitrogens with two attached hydrogens (primary N) is 1. The first kappa shape index (κ1) is 12.2. The van der Waals surface area contributed by atoms with Crippen molar-refractivity contribution in [2.24, 2.45) is 5.92 Å². The van der Waals surface area contributed by atoms with Gasteiger partial charge in [-0.25, -0.2) is 0 Å².